The Bertz CT molecular complexity index is 774. The Morgan fingerprint density at radius 1 is 1.17 bits per heavy atom. The summed E-state index contributed by atoms with van der Waals surface area (Å²) in [6, 6.07) is -1.19. The number of alkyl halides is 1. The number of aliphatic hydroxyl groups excluding tert-OH is 1. The maximum absolute atomic E-state index is 15.5. The molecule has 2 amide bonds. The first-order valence-corrected chi connectivity index (χ1v) is 12.3. The molecule has 170 valence electrons. The largest absolute Gasteiger partial charge is 0.446 e. The molecule has 4 aliphatic rings. The summed E-state index contributed by atoms with van der Waals surface area (Å²) < 4.78 is 47.9. The van der Waals surface area contributed by atoms with Crippen LogP contribution in [0.4, 0.5) is 9.18 Å². The molecule has 3 saturated carbocycles. The molecule has 1 saturated heterocycles. The molecule has 0 aromatic rings. The third-order valence-corrected chi connectivity index (χ3v) is 8.53. The van der Waals surface area contributed by atoms with Crippen molar-refractivity contribution in [2.75, 3.05) is 6.54 Å². The number of aliphatic hydroxyl groups is 1. The Balaban J connectivity index is 1.39. The van der Waals surface area contributed by atoms with Gasteiger partial charge in [0.05, 0.1) is 18.7 Å². The van der Waals surface area contributed by atoms with E-state index in [-0.39, 0.29) is 24.8 Å². The van der Waals surface area contributed by atoms with E-state index in [0.29, 0.717) is 12.8 Å². The van der Waals surface area contributed by atoms with Crippen molar-refractivity contribution in [1.29, 1.82) is 0 Å². The highest BCUT2D eigenvalue weighted by Crippen LogP contribution is 2.45. The zero-order valence-electron chi connectivity index (χ0n) is 16.8. The van der Waals surface area contributed by atoms with Crippen LogP contribution in [0.25, 0.3) is 0 Å². The molecule has 0 aromatic heterocycles. The number of hydrogen-bond donors (Lipinski definition) is 3. The number of amides is 2. The number of hydrogen-bond acceptors (Lipinski definition) is 6. The lowest BCUT2D eigenvalue weighted by molar-refractivity contribution is -0.120. The van der Waals surface area contributed by atoms with E-state index in [4.69, 9.17) is 4.74 Å². The van der Waals surface area contributed by atoms with Gasteiger partial charge in [0.1, 0.15) is 12.3 Å². The van der Waals surface area contributed by atoms with Crippen LogP contribution in [-0.4, -0.2) is 66.8 Å². The van der Waals surface area contributed by atoms with Gasteiger partial charge in [-0.25, -0.2) is 13.9 Å². The first-order valence-electron chi connectivity index (χ1n) is 10.9. The van der Waals surface area contributed by atoms with Crippen molar-refractivity contribution in [3.8, 4) is 0 Å². The van der Waals surface area contributed by atoms with Crippen LogP contribution in [0.15, 0.2) is 0 Å². The highest BCUT2D eigenvalue weighted by molar-refractivity contribution is 7.88. The minimum absolute atomic E-state index is 0.110. The fourth-order valence-corrected chi connectivity index (χ4v) is 6.94. The zero-order chi connectivity index (χ0) is 21.5. The van der Waals surface area contributed by atoms with Crippen LogP contribution < -0.4 is 10.0 Å². The Morgan fingerprint density at radius 3 is 2.57 bits per heavy atom. The average molecular weight is 448 g/mol. The van der Waals surface area contributed by atoms with Crippen LogP contribution in [0.3, 0.4) is 0 Å². The molecular weight excluding hydrogens is 417 g/mol. The Labute approximate surface area is 175 Å². The maximum Gasteiger partial charge on any atom is 0.407 e. The highest BCUT2D eigenvalue weighted by atomic mass is 32.2. The average Bonchev–Trinajstić information content (AvgIpc) is 2.95. The monoisotopic (exact) mass is 447 g/mol. The van der Waals surface area contributed by atoms with E-state index in [1.807, 2.05) is 4.72 Å². The number of alkyl carbamates (subject to hydrolysis) is 1. The molecule has 9 nitrogen and oxygen atoms in total. The summed E-state index contributed by atoms with van der Waals surface area (Å²) in [5, 5.41) is 13.4. The Kier molecular flexibility index (Phi) is 6.23. The summed E-state index contributed by atoms with van der Waals surface area (Å²) in [4.78, 5) is 23.8. The first kappa shape index (κ1) is 21.8. The summed E-state index contributed by atoms with van der Waals surface area (Å²) in [5.74, 6) is -1.38. The molecule has 6 atom stereocenters. The molecule has 30 heavy (non-hydrogen) atoms. The number of halogens is 1. The SMILES string of the molecule is O=C1CN(C2C(O)CC3CCC(OC(=O)NC4CCCCC4)CC3C2F)S(=O)(=O)N1. The number of nitrogens with zero attached hydrogens (tertiary/aromatic N) is 1. The van der Waals surface area contributed by atoms with Gasteiger partial charge >= 0.3 is 16.3 Å². The molecule has 6 unspecified atom stereocenters. The minimum Gasteiger partial charge on any atom is -0.446 e. The normalized spacial score (nSPS) is 39.7. The first-order chi connectivity index (χ1) is 14.2. The number of carbonyl (C=O) groups excluding carboxylic acids is 2. The molecule has 3 N–H and O–H groups in total. The fraction of sp³-hybridized carbons (Fsp3) is 0.895. The van der Waals surface area contributed by atoms with E-state index in [0.717, 1.165) is 30.0 Å². The van der Waals surface area contributed by atoms with E-state index < -0.39 is 59.1 Å². The summed E-state index contributed by atoms with van der Waals surface area (Å²) in [6.45, 7) is -0.494. The second-order valence-electron chi connectivity index (χ2n) is 9.06. The number of ether oxygens (including phenoxy) is 1. The second-order valence-corrected chi connectivity index (χ2v) is 10.7. The van der Waals surface area contributed by atoms with Gasteiger partial charge in [-0.2, -0.15) is 12.7 Å². The van der Waals surface area contributed by atoms with Gasteiger partial charge in [-0.05, 0) is 50.4 Å². The molecular formula is C19H30FN3O6S. The summed E-state index contributed by atoms with van der Waals surface area (Å²) in [7, 11) is -4.15. The fourth-order valence-electron chi connectivity index (χ4n) is 5.61. The van der Waals surface area contributed by atoms with E-state index in [2.05, 4.69) is 5.32 Å². The van der Waals surface area contributed by atoms with Crippen molar-refractivity contribution >= 4 is 22.2 Å². The zero-order valence-corrected chi connectivity index (χ0v) is 17.7. The number of fused-ring (bicyclic) bond motifs is 1. The number of rotatable bonds is 3. The lowest BCUT2D eigenvalue weighted by Gasteiger charge is -2.47. The molecule has 0 radical (unpaired) electrons. The third kappa shape index (κ3) is 4.43. The van der Waals surface area contributed by atoms with Crippen LogP contribution in [0, 0.1) is 11.8 Å². The topological polar surface area (TPSA) is 125 Å². The predicted octanol–water partition coefficient (Wildman–Crippen LogP) is 0.978. The van der Waals surface area contributed by atoms with Crippen molar-refractivity contribution in [3.63, 3.8) is 0 Å². The van der Waals surface area contributed by atoms with Gasteiger partial charge in [-0.15, -0.1) is 0 Å². The van der Waals surface area contributed by atoms with Gasteiger partial charge in [0.15, 0.2) is 0 Å². The van der Waals surface area contributed by atoms with Gasteiger partial charge in [0, 0.05) is 6.04 Å². The van der Waals surface area contributed by atoms with E-state index in [9.17, 15) is 23.1 Å². The minimum atomic E-state index is -4.15. The summed E-state index contributed by atoms with van der Waals surface area (Å²) in [5.41, 5.74) is 0. The van der Waals surface area contributed by atoms with Gasteiger partial charge < -0.3 is 15.2 Å². The number of nitrogens with one attached hydrogen (secondary N) is 2. The quantitative estimate of drug-likeness (QED) is 0.592. The van der Waals surface area contributed by atoms with E-state index in [1.54, 1.807) is 0 Å². The molecule has 0 aromatic carbocycles. The van der Waals surface area contributed by atoms with Gasteiger partial charge in [0.2, 0.25) is 5.91 Å². The van der Waals surface area contributed by atoms with Gasteiger partial charge in [0.25, 0.3) is 0 Å². The Hall–Kier alpha value is -1.46. The molecule has 4 rings (SSSR count). The molecule has 0 spiro atoms. The van der Waals surface area contributed by atoms with Gasteiger partial charge in [-0.1, -0.05) is 19.3 Å². The van der Waals surface area contributed by atoms with E-state index in [1.165, 1.54) is 6.42 Å². The lowest BCUT2D eigenvalue weighted by atomic mass is 9.66. The second kappa shape index (κ2) is 8.58. The summed E-state index contributed by atoms with van der Waals surface area (Å²) >= 11 is 0. The van der Waals surface area contributed by atoms with Crippen LogP contribution in [0.5, 0.6) is 0 Å². The van der Waals surface area contributed by atoms with Crippen molar-refractivity contribution in [2.24, 2.45) is 11.8 Å². The van der Waals surface area contributed by atoms with Crippen molar-refractivity contribution in [2.45, 2.75) is 88.3 Å². The van der Waals surface area contributed by atoms with Crippen LogP contribution in [0.1, 0.15) is 57.8 Å². The molecule has 1 heterocycles. The maximum atomic E-state index is 15.5. The molecule has 3 aliphatic carbocycles. The standard InChI is InChI=1S/C19H30FN3O6S/c20-17-14-9-13(29-19(26)21-12-4-2-1-3-5-12)7-6-11(14)8-15(24)18(17)23-10-16(25)22-30(23,27)28/h11-15,17-18,24H,1-10H2,(H,21,26)(H,22,25). The smallest absolute Gasteiger partial charge is 0.407 e. The molecule has 4 fully saturated rings. The lowest BCUT2D eigenvalue weighted by Crippen LogP contribution is -2.59. The molecule has 0 bridgehead atoms. The van der Waals surface area contributed by atoms with Crippen molar-refractivity contribution < 1.29 is 32.2 Å². The van der Waals surface area contributed by atoms with Gasteiger partial charge in [-0.3, -0.25) is 4.79 Å². The predicted molar refractivity (Wildman–Crippen MR) is 104 cm³/mol. The van der Waals surface area contributed by atoms with Crippen molar-refractivity contribution in [1.82, 2.24) is 14.3 Å². The Morgan fingerprint density at radius 2 is 1.90 bits per heavy atom. The molecule has 1 aliphatic heterocycles. The third-order valence-electron chi connectivity index (χ3n) is 7.06. The highest BCUT2D eigenvalue weighted by Gasteiger charge is 2.54. The van der Waals surface area contributed by atoms with Crippen molar-refractivity contribution in [3.05, 3.63) is 0 Å². The molecule has 11 heteroatoms. The van der Waals surface area contributed by atoms with E-state index >= 15 is 4.39 Å². The van der Waals surface area contributed by atoms with Crippen LogP contribution in [0.2, 0.25) is 0 Å². The van der Waals surface area contributed by atoms with Crippen LogP contribution in [-0.2, 0) is 19.7 Å². The number of carbonyl (C=O) groups is 2. The van der Waals surface area contributed by atoms with Crippen LogP contribution >= 0.6 is 0 Å². The summed E-state index contributed by atoms with van der Waals surface area (Å²) in [6.07, 6.45) is 3.20.